The van der Waals surface area contributed by atoms with Crippen molar-refractivity contribution in [1.82, 2.24) is 9.88 Å². The average Bonchev–Trinajstić information content (AvgIpc) is 3.08. The van der Waals surface area contributed by atoms with Crippen molar-refractivity contribution < 1.29 is 19.0 Å². The standard InChI is InChI=1S/C21H18N2O4/c1-13-3-2-4-15-8-16-10-23(19(24)11-25-21(16)22-20(13)15)9-14-5-6-17-18(7-14)27-12-26-17/h2-8H,9-12H2,1H3. The van der Waals surface area contributed by atoms with Gasteiger partial charge in [0.1, 0.15) is 0 Å². The molecule has 0 saturated heterocycles. The Morgan fingerprint density at radius 1 is 1.07 bits per heavy atom. The Balaban J connectivity index is 1.47. The number of carbonyl (C=O) groups is 1. The molecule has 3 heterocycles. The van der Waals surface area contributed by atoms with E-state index in [0.29, 0.717) is 19.0 Å². The van der Waals surface area contributed by atoms with Gasteiger partial charge in [-0.05, 0) is 36.2 Å². The summed E-state index contributed by atoms with van der Waals surface area (Å²) in [6, 6.07) is 13.9. The second kappa shape index (κ2) is 6.16. The summed E-state index contributed by atoms with van der Waals surface area (Å²) < 4.78 is 16.5. The van der Waals surface area contributed by atoms with Gasteiger partial charge in [-0.1, -0.05) is 24.3 Å². The Hall–Kier alpha value is -3.28. The van der Waals surface area contributed by atoms with E-state index >= 15 is 0 Å². The molecule has 2 aliphatic heterocycles. The Bertz CT molecular complexity index is 1060. The van der Waals surface area contributed by atoms with Gasteiger partial charge in [-0.3, -0.25) is 4.79 Å². The third-order valence-corrected chi connectivity index (χ3v) is 4.94. The van der Waals surface area contributed by atoms with Crippen LogP contribution in [0.25, 0.3) is 10.9 Å². The van der Waals surface area contributed by atoms with Crippen LogP contribution in [0.1, 0.15) is 16.7 Å². The lowest BCUT2D eigenvalue weighted by Crippen LogP contribution is -2.31. The van der Waals surface area contributed by atoms with Gasteiger partial charge in [0, 0.05) is 17.5 Å². The van der Waals surface area contributed by atoms with Gasteiger partial charge in [-0.2, -0.15) is 0 Å². The fourth-order valence-electron chi connectivity index (χ4n) is 3.53. The first-order valence-corrected chi connectivity index (χ1v) is 8.86. The zero-order chi connectivity index (χ0) is 18.4. The van der Waals surface area contributed by atoms with Crippen LogP contribution >= 0.6 is 0 Å². The molecule has 6 nitrogen and oxygen atoms in total. The SMILES string of the molecule is Cc1cccc2cc3c(nc12)OCC(=O)N(Cc1ccc2c(c1)OCO2)C3. The number of hydrogen-bond acceptors (Lipinski definition) is 5. The lowest BCUT2D eigenvalue weighted by molar-refractivity contribution is -0.133. The molecular weight excluding hydrogens is 344 g/mol. The van der Waals surface area contributed by atoms with Crippen LogP contribution in [0.2, 0.25) is 0 Å². The number of aromatic nitrogens is 1. The maximum atomic E-state index is 12.6. The Morgan fingerprint density at radius 2 is 1.96 bits per heavy atom. The van der Waals surface area contributed by atoms with E-state index in [1.54, 1.807) is 4.90 Å². The number of amides is 1. The van der Waals surface area contributed by atoms with Crippen molar-refractivity contribution in [3.8, 4) is 17.4 Å². The van der Waals surface area contributed by atoms with E-state index in [1.165, 1.54) is 0 Å². The molecule has 0 spiro atoms. The highest BCUT2D eigenvalue weighted by molar-refractivity contribution is 5.84. The number of nitrogens with zero attached hydrogens (tertiary/aromatic N) is 2. The fourth-order valence-corrected chi connectivity index (χ4v) is 3.53. The summed E-state index contributed by atoms with van der Waals surface area (Å²) in [7, 11) is 0. The minimum absolute atomic E-state index is 0.0120. The first kappa shape index (κ1) is 15.9. The number of carbonyl (C=O) groups excluding carboxylic acids is 1. The highest BCUT2D eigenvalue weighted by Crippen LogP contribution is 2.33. The third kappa shape index (κ3) is 2.83. The Morgan fingerprint density at radius 3 is 2.89 bits per heavy atom. The van der Waals surface area contributed by atoms with Crippen molar-refractivity contribution in [2.75, 3.05) is 13.4 Å². The average molecular weight is 362 g/mol. The topological polar surface area (TPSA) is 60.9 Å². The fraction of sp³-hybridized carbons (Fsp3) is 0.238. The number of ether oxygens (including phenoxy) is 3. The van der Waals surface area contributed by atoms with Crippen molar-refractivity contribution in [3.05, 3.63) is 59.2 Å². The zero-order valence-electron chi connectivity index (χ0n) is 14.9. The molecule has 27 heavy (non-hydrogen) atoms. The van der Waals surface area contributed by atoms with E-state index in [0.717, 1.165) is 39.1 Å². The molecule has 0 fully saturated rings. The van der Waals surface area contributed by atoms with Crippen molar-refractivity contribution in [1.29, 1.82) is 0 Å². The smallest absolute Gasteiger partial charge is 0.261 e. The zero-order valence-corrected chi connectivity index (χ0v) is 14.9. The predicted octanol–water partition coefficient (Wildman–Crippen LogP) is 3.19. The first-order chi connectivity index (χ1) is 13.2. The maximum Gasteiger partial charge on any atom is 0.261 e. The predicted molar refractivity (Wildman–Crippen MR) is 98.8 cm³/mol. The maximum absolute atomic E-state index is 12.6. The Labute approximate surface area is 156 Å². The van der Waals surface area contributed by atoms with Crippen molar-refractivity contribution in [2.24, 2.45) is 0 Å². The van der Waals surface area contributed by atoms with Crippen molar-refractivity contribution in [2.45, 2.75) is 20.0 Å². The van der Waals surface area contributed by atoms with Gasteiger partial charge in [0.15, 0.2) is 18.1 Å². The van der Waals surface area contributed by atoms with Crippen LogP contribution in [-0.2, 0) is 17.9 Å². The van der Waals surface area contributed by atoms with E-state index in [-0.39, 0.29) is 19.3 Å². The van der Waals surface area contributed by atoms with E-state index in [1.807, 2.05) is 43.3 Å². The largest absolute Gasteiger partial charge is 0.467 e. The summed E-state index contributed by atoms with van der Waals surface area (Å²) in [6.45, 7) is 3.18. The number of aryl methyl sites for hydroxylation is 1. The molecule has 2 aromatic carbocycles. The van der Waals surface area contributed by atoms with Gasteiger partial charge in [0.2, 0.25) is 12.7 Å². The molecule has 5 rings (SSSR count). The summed E-state index contributed by atoms with van der Waals surface area (Å²) in [5.41, 5.74) is 3.90. The van der Waals surface area contributed by atoms with E-state index in [2.05, 4.69) is 11.1 Å². The van der Waals surface area contributed by atoms with E-state index in [4.69, 9.17) is 14.2 Å². The van der Waals surface area contributed by atoms with Gasteiger partial charge in [-0.15, -0.1) is 0 Å². The van der Waals surface area contributed by atoms with Gasteiger partial charge in [0.25, 0.3) is 5.91 Å². The van der Waals surface area contributed by atoms with Crippen molar-refractivity contribution in [3.63, 3.8) is 0 Å². The summed E-state index contributed by atoms with van der Waals surface area (Å²) in [4.78, 5) is 19.0. The van der Waals surface area contributed by atoms with Crippen LogP contribution in [-0.4, -0.2) is 29.2 Å². The van der Waals surface area contributed by atoms with Crippen LogP contribution in [0, 0.1) is 6.92 Å². The molecule has 0 bridgehead atoms. The number of benzene rings is 2. The molecule has 136 valence electrons. The molecular formula is C21H18N2O4. The van der Waals surface area contributed by atoms with E-state index < -0.39 is 0 Å². The van der Waals surface area contributed by atoms with Gasteiger partial charge < -0.3 is 19.1 Å². The van der Waals surface area contributed by atoms with Crippen molar-refractivity contribution >= 4 is 16.8 Å². The number of rotatable bonds is 2. The van der Waals surface area contributed by atoms with Crippen LogP contribution in [0.4, 0.5) is 0 Å². The number of hydrogen-bond donors (Lipinski definition) is 0. The van der Waals surface area contributed by atoms with Crippen LogP contribution in [0.3, 0.4) is 0 Å². The Kier molecular flexibility index (Phi) is 3.63. The van der Waals surface area contributed by atoms with Crippen LogP contribution in [0.15, 0.2) is 42.5 Å². The second-order valence-corrected chi connectivity index (χ2v) is 6.83. The summed E-state index contributed by atoms with van der Waals surface area (Å²) in [5.74, 6) is 1.93. The quantitative estimate of drug-likeness (QED) is 0.701. The molecule has 0 aliphatic carbocycles. The lowest BCUT2D eigenvalue weighted by Gasteiger charge is -2.20. The molecule has 6 heteroatoms. The highest BCUT2D eigenvalue weighted by Gasteiger charge is 2.24. The second-order valence-electron chi connectivity index (χ2n) is 6.83. The molecule has 3 aromatic rings. The molecule has 0 atom stereocenters. The number of pyridine rings is 1. The summed E-state index contributed by atoms with van der Waals surface area (Å²) in [6.07, 6.45) is 0. The monoisotopic (exact) mass is 362 g/mol. The molecule has 0 unspecified atom stereocenters. The molecule has 1 aromatic heterocycles. The minimum Gasteiger partial charge on any atom is -0.467 e. The van der Waals surface area contributed by atoms with Gasteiger partial charge in [0.05, 0.1) is 12.1 Å². The number of para-hydroxylation sites is 1. The van der Waals surface area contributed by atoms with Crippen LogP contribution in [0.5, 0.6) is 17.4 Å². The van der Waals surface area contributed by atoms with Gasteiger partial charge in [-0.25, -0.2) is 4.98 Å². The molecule has 2 aliphatic rings. The molecule has 0 N–H and O–H groups in total. The summed E-state index contributed by atoms with van der Waals surface area (Å²) >= 11 is 0. The van der Waals surface area contributed by atoms with E-state index in [9.17, 15) is 4.79 Å². The van der Waals surface area contributed by atoms with Gasteiger partial charge >= 0.3 is 0 Å². The first-order valence-electron chi connectivity index (χ1n) is 8.86. The molecule has 0 radical (unpaired) electrons. The molecule has 1 amide bonds. The minimum atomic E-state index is -0.0635. The molecule has 0 saturated carbocycles. The lowest BCUT2D eigenvalue weighted by atomic mass is 10.1. The third-order valence-electron chi connectivity index (χ3n) is 4.94. The number of fused-ring (bicyclic) bond motifs is 3. The normalized spacial score (nSPS) is 15.4. The van der Waals surface area contributed by atoms with Crippen LogP contribution < -0.4 is 14.2 Å². The summed E-state index contributed by atoms with van der Waals surface area (Å²) in [5, 5.41) is 1.05. The highest BCUT2D eigenvalue weighted by atomic mass is 16.7.